The molecule has 0 bridgehead atoms. The van der Waals surface area contributed by atoms with Crippen LogP contribution in [0, 0.1) is 11.8 Å². The van der Waals surface area contributed by atoms with Gasteiger partial charge >= 0.3 is 12.1 Å². The Hall–Kier alpha value is -3.39. The number of carboxylic acids is 1. The van der Waals surface area contributed by atoms with Crippen molar-refractivity contribution in [1.29, 1.82) is 0 Å². The van der Waals surface area contributed by atoms with Crippen molar-refractivity contribution in [2.45, 2.75) is 38.2 Å². The third-order valence-corrected chi connectivity index (χ3v) is 6.22. The van der Waals surface area contributed by atoms with Gasteiger partial charge in [-0.3, -0.25) is 9.63 Å². The van der Waals surface area contributed by atoms with E-state index in [0.717, 1.165) is 35.1 Å². The van der Waals surface area contributed by atoms with Crippen LogP contribution in [0.4, 0.5) is 4.79 Å². The summed E-state index contributed by atoms with van der Waals surface area (Å²) >= 11 is 0. The van der Waals surface area contributed by atoms with Gasteiger partial charge in [0.2, 0.25) is 5.91 Å². The zero-order valence-corrected chi connectivity index (χ0v) is 18.5. The highest BCUT2D eigenvalue weighted by molar-refractivity contribution is 5.79. The summed E-state index contributed by atoms with van der Waals surface area (Å²) < 4.78 is 5.48. The standard InChI is InChI=1S/C25H28N2O6/c1-15(23(28)27-33-22(24(29)30)16-10-11-16)12-13-26-25(31)32-14-21-19-8-4-2-6-17(19)18-7-3-5-9-20(18)21/h2-9,15-16,21-22H,10-14H2,1H3,(H,26,31)(H,27,28)(H,29,30). The molecule has 3 N–H and O–H groups in total. The van der Waals surface area contributed by atoms with Gasteiger partial charge in [0.1, 0.15) is 6.61 Å². The molecule has 2 amide bonds. The lowest BCUT2D eigenvalue weighted by Crippen LogP contribution is -2.38. The molecule has 1 saturated carbocycles. The molecule has 4 rings (SSSR count). The summed E-state index contributed by atoms with van der Waals surface area (Å²) in [5, 5.41) is 11.8. The number of carbonyl (C=O) groups is 3. The van der Waals surface area contributed by atoms with Crippen LogP contribution in [0.2, 0.25) is 0 Å². The smallest absolute Gasteiger partial charge is 0.407 e. The first-order valence-electron chi connectivity index (χ1n) is 11.2. The van der Waals surface area contributed by atoms with Crippen molar-refractivity contribution < 1.29 is 29.1 Å². The largest absolute Gasteiger partial charge is 0.479 e. The number of fused-ring (bicyclic) bond motifs is 3. The lowest BCUT2D eigenvalue weighted by Gasteiger charge is -2.17. The Morgan fingerprint density at radius 1 is 1.03 bits per heavy atom. The van der Waals surface area contributed by atoms with Gasteiger partial charge < -0.3 is 15.2 Å². The third kappa shape index (κ3) is 5.34. The van der Waals surface area contributed by atoms with Gasteiger partial charge in [-0.1, -0.05) is 55.5 Å². The van der Waals surface area contributed by atoms with E-state index in [1.54, 1.807) is 6.92 Å². The summed E-state index contributed by atoms with van der Waals surface area (Å²) in [6, 6.07) is 16.2. The molecule has 0 aliphatic heterocycles. The number of amides is 2. The molecule has 0 spiro atoms. The van der Waals surface area contributed by atoms with Crippen LogP contribution in [0.1, 0.15) is 43.2 Å². The van der Waals surface area contributed by atoms with Gasteiger partial charge in [0.15, 0.2) is 6.10 Å². The number of ether oxygens (including phenoxy) is 1. The molecule has 0 saturated heterocycles. The fraction of sp³-hybridized carbons (Fsp3) is 0.400. The molecule has 2 aromatic rings. The predicted octanol–water partition coefficient (Wildman–Crippen LogP) is 3.46. The van der Waals surface area contributed by atoms with Crippen LogP contribution in [-0.2, 0) is 19.2 Å². The third-order valence-electron chi connectivity index (χ3n) is 6.22. The number of aliphatic carboxylic acids is 1. The normalized spacial score (nSPS) is 16.3. The molecule has 2 unspecified atom stereocenters. The molecule has 2 aliphatic rings. The average molecular weight is 453 g/mol. The van der Waals surface area contributed by atoms with E-state index in [-0.39, 0.29) is 25.0 Å². The fourth-order valence-electron chi connectivity index (χ4n) is 4.14. The molecule has 33 heavy (non-hydrogen) atoms. The zero-order chi connectivity index (χ0) is 23.4. The maximum Gasteiger partial charge on any atom is 0.407 e. The second-order valence-electron chi connectivity index (χ2n) is 8.62. The van der Waals surface area contributed by atoms with E-state index in [2.05, 4.69) is 35.1 Å². The lowest BCUT2D eigenvalue weighted by molar-refractivity contribution is -0.163. The van der Waals surface area contributed by atoms with Crippen molar-refractivity contribution in [3.8, 4) is 11.1 Å². The fourth-order valence-corrected chi connectivity index (χ4v) is 4.14. The van der Waals surface area contributed by atoms with E-state index in [1.807, 2.05) is 24.3 Å². The van der Waals surface area contributed by atoms with Crippen LogP contribution >= 0.6 is 0 Å². The molecule has 0 radical (unpaired) electrons. The van der Waals surface area contributed by atoms with E-state index in [1.165, 1.54) is 0 Å². The van der Waals surface area contributed by atoms with Crippen molar-refractivity contribution in [2.75, 3.05) is 13.2 Å². The van der Waals surface area contributed by atoms with Crippen molar-refractivity contribution >= 4 is 18.0 Å². The van der Waals surface area contributed by atoms with E-state index in [4.69, 9.17) is 14.7 Å². The Labute approximate surface area is 192 Å². The predicted molar refractivity (Wildman–Crippen MR) is 120 cm³/mol. The second kappa shape index (κ2) is 10.0. The number of hydrogen-bond acceptors (Lipinski definition) is 5. The Bertz CT molecular complexity index is 990. The minimum Gasteiger partial charge on any atom is -0.479 e. The Morgan fingerprint density at radius 3 is 2.21 bits per heavy atom. The SMILES string of the molecule is CC(CCNC(=O)OCC1c2ccccc2-c2ccccc21)C(=O)NOC(C(=O)O)C1CC1. The summed E-state index contributed by atoms with van der Waals surface area (Å²) in [6.45, 7) is 2.16. The molecule has 2 atom stereocenters. The number of hydrogen-bond donors (Lipinski definition) is 3. The summed E-state index contributed by atoms with van der Waals surface area (Å²) in [7, 11) is 0. The van der Waals surface area contributed by atoms with Gasteiger partial charge in [0, 0.05) is 18.4 Å². The molecular weight excluding hydrogens is 424 g/mol. The van der Waals surface area contributed by atoms with Gasteiger partial charge in [-0.25, -0.2) is 15.1 Å². The summed E-state index contributed by atoms with van der Waals surface area (Å²) in [5.41, 5.74) is 6.85. The maximum absolute atomic E-state index is 12.2. The molecular formula is C25H28N2O6. The first kappa shape index (κ1) is 22.8. The Kier molecular flexibility index (Phi) is 6.93. The van der Waals surface area contributed by atoms with Crippen LogP contribution < -0.4 is 10.8 Å². The van der Waals surface area contributed by atoms with Gasteiger partial charge in [-0.05, 0) is 47.4 Å². The van der Waals surface area contributed by atoms with Crippen LogP contribution in [0.5, 0.6) is 0 Å². The van der Waals surface area contributed by atoms with Crippen molar-refractivity contribution in [2.24, 2.45) is 11.8 Å². The lowest BCUT2D eigenvalue weighted by atomic mass is 9.98. The first-order chi connectivity index (χ1) is 16.0. The molecule has 8 nitrogen and oxygen atoms in total. The quantitative estimate of drug-likeness (QED) is 0.476. The molecule has 0 heterocycles. The average Bonchev–Trinajstić information content (AvgIpc) is 3.59. The van der Waals surface area contributed by atoms with E-state index >= 15 is 0 Å². The van der Waals surface area contributed by atoms with Gasteiger partial charge in [-0.15, -0.1) is 0 Å². The molecule has 2 aromatic carbocycles. The van der Waals surface area contributed by atoms with Crippen molar-refractivity contribution in [3.05, 3.63) is 59.7 Å². The number of alkyl carbamates (subject to hydrolysis) is 1. The number of nitrogens with one attached hydrogen (secondary N) is 2. The number of benzene rings is 2. The highest BCUT2D eigenvalue weighted by Crippen LogP contribution is 2.44. The monoisotopic (exact) mass is 452 g/mol. The van der Waals surface area contributed by atoms with Crippen molar-refractivity contribution in [3.63, 3.8) is 0 Å². The van der Waals surface area contributed by atoms with Crippen LogP contribution in [-0.4, -0.2) is 42.3 Å². The van der Waals surface area contributed by atoms with E-state index in [9.17, 15) is 14.4 Å². The number of carboxylic acid groups (broad SMARTS) is 1. The van der Waals surface area contributed by atoms with Gasteiger partial charge in [0.25, 0.3) is 0 Å². The van der Waals surface area contributed by atoms with Crippen LogP contribution in [0.25, 0.3) is 11.1 Å². The Balaban J connectivity index is 1.20. The molecule has 174 valence electrons. The van der Waals surface area contributed by atoms with Crippen LogP contribution in [0.15, 0.2) is 48.5 Å². The molecule has 1 fully saturated rings. The zero-order valence-electron chi connectivity index (χ0n) is 18.5. The summed E-state index contributed by atoms with van der Waals surface area (Å²) in [6.07, 6.45) is 0.375. The number of hydroxylamine groups is 1. The van der Waals surface area contributed by atoms with Gasteiger partial charge in [-0.2, -0.15) is 0 Å². The van der Waals surface area contributed by atoms with Crippen molar-refractivity contribution in [1.82, 2.24) is 10.8 Å². The van der Waals surface area contributed by atoms with Crippen LogP contribution in [0.3, 0.4) is 0 Å². The van der Waals surface area contributed by atoms with Gasteiger partial charge in [0.05, 0.1) is 0 Å². The topological polar surface area (TPSA) is 114 Å². The highest BCUT2D eigenvalue weighted by atomic mass is 16.7. The van der Waals surface area contributed by atoms with E-state index < -0.39 is 30.0 Å². The second-order valence-corrected chi connectivity index (χ2v) is 8.62. The summed E-state index contributed by atoms with van der Waals surface area (Å²) in [4.78, 5) is 40.6. The molecule has 2 aliphatic carbocycles. The molecule has 0 aromatic heterocycles. The Morgan fingerprint density at radius 2 is 1.64 bits per heavy atom. The minimum absolute atomic E-state index is 0.0151. The molecule has 8 heteroatoms. The minimum atomic E-state index is -1.08. The number of rotatable bonds is 10. The maximum atomic E-state index is 12.2. The first-order valence-corrected chi connectivity index (χ1v) is 11.2. The van der Waals surface area contributed by atoms with E-state index in [0.29, 0.717) is 6.42 Å². The highest BCUT2D eigenvalue weighted by Gasteiger charge is 2.38. The number of carbonyl (C=O) groups excluding carboxylic acids is 2. The summed E-state index contributed by atoms with van der Waals surface area (Å²) in [5.74, 6) is -2.03.